The number of sulfonamides is 1. The van der Waals surface area contributed by atoms with Gasteiger partial charge in [-0.25, -0.2) is 8.42 Å². The predicted octanol–water partition coefficient (Wildman–Crippen LogP) is 6.03. The summed E-state index contributed by atoms with van der Waals surface area (Å²) in [6, 6.07) is 13.9. The van der Waals surface area contributed by atoms with Crippen molar-refractivity contribution < 1.29 is 32.4 Å². The SMILES string of the molecule is CC[C@@H](C(=O)NC1CCCCC1)N(Cc1cccc(OC)c1)C(=O)CN(c1cc(Cl)ccc1OC)S(=O)(=O)c1ccc(C)c([N+](=O)[O-])c1. The highest BCUT2D eigenvalue weighted by Gasteiger charge is 2.36. The van der Waals surface area contributed by atoms with Gasteiger partial charge in [-0.05, 0) is 68.1 Å². The van der Waals surface area contributed by atoms with E-state index in [1.54, 1.807) is 31.2 Å². The summed E-state index contributed by atoms with van der Waals surface area (Å²) in [7, 11) is -1.78. The van der Waals surface area contributed by atoms with Crippen molar-refractivity contribution in [1.29, 1.82) is 0 Å². The van der Waals surface area contributed by atoms with Crippen molar-refractivity contribution in [3.8, 4) is 11.5 Å². The number of amides is 2. The molecule has 1 N–H and O–H groups in total. The summed E-state index contributed by atoms with van der Waals surface area (Å²) in [6.07, 6.45) is 5.04. The molecular formula is C34H41ClN4O8S. The van der Waals surface area contributed by atoms with Crippen molar-refractivity contribution in [3.05, 3.63) is 86.9 Å². The van der Waals surface area contributed by atoms with E-state index in [1.807, 2.05) is 0 Å². The van der Waals surface area contributed by atoms with Gasteiger partial charge in [0.1, 0.15) is 24.1 Å². The number of methoxy groups -OCH3 is 2. The molecule has 0 spiro atoms. The topological polar surface area (TPSA) is 148 Å². The Morgan fingerprint density at radius 3 is 2.42 bits per heavy atom. The number of hydrogen-bond acceptors (Lipinski definition) is 8. The van der Waals surface area contributed by atoms with Gasteiger partial charge in [-0.2, -0.15) is 0 Å². The molecule has 4 rings (SSSR count). The lowest BCUT2D eigenvalue weighted by atomic mass is 9.95. The molecule has 0 bridgehead atoms. The van der Waals surface area contributed by atoms with Crippen molar-refractivity contribution in [3.63, 3.8) is 0 Å². The zero-order valence-corrected chi connectivity index (χ0v) is 29.1. The van der Waals surface area contributed by atoms with Gasteiger partial charge >= 0.3 is 0 Å². The van der Waals surface area contributed by atoms with Crippen LogP contribution in [0.1, 0.15) is 56.6 Å². The van der Waals surface area contributed by atoms with Gasteiger partial charge in [0.25, 0.3) is 15.7 Å². The lowest BCUT2D eigenvalue weighted by Crippen LogP contribution is -2.54. The number of ether oxygens (including phenoxy) is 2. The molecule has 1 aliphatic rings. The number of carbonyl (C=O) groups excluding carboxylic acids is 2. The third-order valence-corrected chi connectivity index (χ3v) is 10.5. The fourth-order valence-electron chi connectivity index (χ4n) is 5.88. The summed E-state index contributed by atoms with van der Waals surface area (Å²) in [6.45, 7) is 2.49. The molecule has 0 aromatic heterocycles. The lowest BCUT2D eigenvalue weighted by Gasteiger charge is -2.34. The van der Waals surface area contributed by atoms with Gasteiger partial charge in [-0.3, -0.25) is 24.0 Å². The second kappa shape index (κ2) is 16.2. The number of benzene rings is 3. The number of hydrogen-bond donors (Lipinski definition) is 1. The molecule has 1 fully saturated rings. The van der Waals surface area contributed by atoms with E-state index in [0.29, 0.717) is 11.3 Å². The zero-order chi connectivity index (χ0) is 35.0. The van der Waals surface area contributed by atoms with Crippen LogP contribution in [0.5, 0.6) is 11.5 Å². The van der Waals surface area contributed by atoms with Crippen LogP contribution in [0.4, 0.5) is 11.4 Å². The summed E-state index contributed by atoms with van der Waals surface area (Å²) in [5, 5.41) is 15.0. The summed E-state index contributed by atoms with van der Waals surface area (Å²) < 4.78 is 40.4. The van der Waals surface area contributed by atoms with Crippen molar-refractivity contribution in [2.45, 2.75) is 75.9 Å². The monoisotopic (exact) mass is 700 g/mol. The Bertz CT molecular complexity index is 1750. The van der Waals surface area contributed by atoms with E-state index >= 15 is 0 Å². The Morgan fingerprint density at radius 2 is 1.77 bits per heavy atom. The van der Waals surface area contributed by atoms with Crippen LogP contribution in [0.2, 0.25) is 5.02 Å². The molecule has 0 saturated heterocycles. The molecule has 0 heterocycles. The predicted molar refractivity (Wildman–Crippen MR) is 183 cm³/mol. The van der Waals surface area contributed by atoms with Crippen molar-refractivity contribution >= 4 is 44.8 Å². The van der Waals surface area contributed by atoms with Crippen molar-refractivity contribution in [2.24, 2.45) is 0 Å². The van der Waals surface area contributed by atoms with Gasteiger partial charge < -0.3 is 19.7 Å². The third-order valence-electron chi connectivity index (χ3n) is 8.48. The van der Waals surface area contributed by atoms with Crippen LogP contribution < -0.4 is 19.1 Å². The van der Waals surface area contributed by atoms with Crippen LogP contribution in [0, 0.1) is 17.0 Å². The van der Waals surface area contributed by atoms with Gasteiger partial charge in [0, 0.05) is 29.2 Å². The number of rotatable bonds is 14. The number of carbonyl (C=O) groups is 2. The van der Waals surface area contributed by atoms with Crippen LogP contribution in [0.15, 0.2) is 65.6 Å². The van der Waals surface area contributed by atoms with E-state index in [-0.39, 0.29) is 46.9 Å². The molecule has 0 unspecified atom stereocenters. The molecule has 3 aromatic rings. The average Bonchev–Trinajstić information content (AvgIpc) is 3.07. The van der Waals surface area contributed by atoms with Gasteiger partial charge in [0.15, 0.2) is 0 Å². The quantitative estimate of drug-likeness (QED) is 0.158. The van der Waals surface area contributed by atoms with Crippen LogP contribution >= 0.6 is 11.6 Å². The average molecular weight is 701 g/mol. The van der Waals surface area contributed by atoms with E-state index < -0.39 is 44.0 Å². The Labute approximate surface area is 286 Å². The van der Waals surface area contributed by atoms with Crippen LogP contribution in [0.3, 0.4) is 0 Å². The van der Waals surface area contributed by atoms with E-state index in [4.69, 9.17) is 21.1 Å². The first kappa shape index (κ1) is 36.5. The van der Waals surface area contributed by atoms with E-state index in [2.05, 4.69) is 5.32 Å². The molecule has 0 radical (unpaired) electrons. The standard InChI is InChI=1S/C34H41ClN4O8S/c1-5-29(34(41)36-26-11-7-6-8-12-26)37(21-24-10-9-13-27(18-24)46-3)33(40)22-38(31-19-25(35)15-17-32(31)47-4)48(44,45)28-16-14-23(2)30(20-28)39(42)43/h9-10,13-20,26,29H,5-8,11-12,21-22H2,1-4H3,(H,36,41)/t29-/m0/s1. The number of nitro benzene ring substituents is 1. The normalized spacial score (nSPS) is 14.1. The Morgan fingerprint density at radius 1 is 1.04 bits per heavy atom. The van der Waals surface area contributed by atoms with E-state index in [1.165, 1.54) is 56.4 Å². The van der Waals surface area contributed by atoms with Gasteiger partial charge in [0.2, 0.25) is 11.8 Å². The molecule has 1 aliphatic carbocycles. The molecule has 12 nitrogen and oxygen atoms in total. The number of anilines is 1. The molecule has 48 heavy (non-hydrogen) atoms. The van der Waals surface area contributed by atoms with E-state index in [9.17, 15) is 28.1 Å². The summed E-state index contributed by atoms with van der Waals surface area (Å²) in [4.78, 5) is 40.3. The minimum absolute atomic E-state index is 0.0148. The van der Waals surface area contributed by atoms with Crippen LogP contribution in [-0.2, 0) is 26.2 Å². The van der Waals surface area contributed by atoms with Crippen LogP contribution in [0.25, 0.3) is 0 Å². The number of aryl methyl sites for hydroxylation is 1. The first-order valence-electron chi connectivity index (χ1n) is 15.7. The van der Waals surface area contributed by atoms with Gasteiger partial charge in [-0.1, -0.05) is 56.0 Å². The summed E-state index contributed by atoms with van der Waals surface area (Å²) in [5.74, 6) is -0.368. The zero-order valence-electron chi connectivity index (χ0n) is 27.5. The molecule has 0 aliphatic heterocycles. The number of nitro groups is 1. The first-order chi connectivity index (χ1) is 22.9. The Kier molecular flexibility index (Phi) is 12.3. The fraction of sp³-hybridized carbons (Fsp3) is 0.412. The number of nitrogens with one attached hydrogen (secondary N) is 1. The minimum Gasteiger partial charge on any atom is -0.497 e. The van der Waals surface area contributed by atoms with Gasteiger partial charge in [-0.15, -0.1) is 0 Å². The maximum absolute atomic E-state index is 14.5. The Hall–Kier alpha value is -4.36. The molecule has 2 amide bonds. The first-order valence-corrected chi connectivity index (χ1v) is 17.6. The highest BCUT2D eigenvalue weighted by Crippen LogP contribution is 2.36. The van der Waals surface area contributed by atoms with Crippen molar-refractivity contribution in [1.82, 2.24) is 10.2 Å². The molecule has 258 valence electrons. The van der Waals surface area contributed by atoms with E-state index in [0.717, 1.165) is 42.5 Å². The van der Waals surface area contributed by atoms with Crippen LogP contribution in [-0.4, -0.2) is 62.9 Å². The second-order valence-electron chi connectivity index (χ2n) is 11.7. The molecule has 14 heteroatoms. The molecular weight excluding hydrogens is 660 g/mol. The van der Waals surface area contributed by atoms with Crippen molar-refractivity contribution in [2.75, 3.05) is 25.1 Å². The largest absolute Gasteiger partial charge is 0.497 e. The number of nitrogens with zero attached hydrogens (tertiary/aromatic N) is 3. The molecule has 1 saturated carbocycles. The number of halogens is 1. The lowest BCUT2D eigenvalue weighted by molar-refractivity contribution is -0.385. The minimum atomic E-state index is -4.64. The molecule has 1 atom stereocenters. The fourth-order valence-corrected chi connectivity index (χ4v) is 7.48. The summed E-state index contributed by atoms with van der Waals surface area (Å²) >= 11 is 6.32. The van der Waals surface area contributed by atoms with Gasteiger partial charge in [0.05, 0.1) is 29.7 Å². The smallest absolute Gasteiger partial charge is 0.273 e. The maximum atomic E-state index is 14.5. The molecule has 3 aromatic carbocycles. The second-order valence-corrected chi connectivity index (χ2v) is 14.0. The maximum Gasteiger partial charge on any atom is 0.273 e. The Balaban J connectivity index is 1.81. The highest BCUT2D eigenvalue weighted by atomic mass is 35.5. The third kappa shape index (κ3) is 8.56. The highest BCUT2D eigenvalue weighted by molar-refractivity contribution is 7.92. The summed E-state index contributed by atoms with van der Waals surface area (Å²) in [5.41, 5.74) is 0.477.